The lowest BCUT2D eigenvalue weighted by atomic mass is 10.1. The van der Waals surface area contributed by atoms with E-state index in [1.54, 1.807) is 0 Å². The molecule has 0 fully saturated rings. The lowest BCUT2D eigenvalue weighted by Crippen LogP contribution is -1.97. The number of benzene rings is 1. The summed E-state index contributed by atoms with van der Waals surface area (Å²) in [4.78, 5) is 10.8. The van der Waals surface area contributed by atoms with Crippen molar-refractivity contribution < 1.29 is 4.79 Å². The molecule has 1 nitrogen and oxygen atoms in total. The fourth-order valence-corrected chi connectivity index (χ4v) is 1.10. The number of Topliss-reactive ketones (excluding diaryl/α,β-unsaturated/α-hetero) is 1. The van der Waals surface area contributed by atoms with Crippen LogP contribution in [0.1, 0.15) is 5.56 Å². The number of halogens is 1. The van der Waals surface area contributed by atoms with Crippen molar-refractivity contribution in [3.8, 4) is 12.3 Å². The van der Waals surface area contributed by atoms with Gasteiger partial charge in [0.25, 0.3) is 0 Å². The van der Waals surface area contributed by atoms with Gasteiger partial charge in [-0.25, -0.2) is 0 Å². The molecule has 2 heteroatoms. The standard InChI is InChI=1S/C10H7BrO/c1-2-10(12)7-8-3-5-9(11)6-4-8/h1,3-6H,7H2. The summed E-state index contributed by atoms with van der Waals surface area (Å²) in [6.07, 6.45) is 5.26. The SMILES string of the molecule is C#CC(=O)Cc1ccc(Br)cc1. The Morgan fingerprint density at radius 2 is 2.00 bits per heavy atom. The molecule has 60 valence electrons. The third-order valence-electron chi connectivity index (χ3n) is 1.44. The Balaban J connectivity index is 2.73. The molecule has 0 aliphatic heterocycles. The van der Waals surface area contributed by atoms with E-state index in [2.05, 4.69) is 21.9 Å². The van der Waals surface area contributed by atoms with E-state index in [1.165, 1.54) is 0 Å². The largest absolute Gasteiger partial charge is 0.285 e. The average Bonchev–Trinajstić information content (AvgIpc) is 2.09. The molecule has 0 aliphatic carbocycles. The molecule has 0 saturated heterocycles. The van der Waals surface area contributed by atoms with Crippen LogP contribution in [-0.4, -0.2) is 5.78 Å². The summed E-state index contributed by atoms with van der Waals surface area (Å²) in [6.45, 7) is 0. The highest BCUT2D eigenvalue weighted by Crippen LogP contribution is 2.10. The molecule has 0 atom stereocenters. The van der Waals surface area contributed by atoms with Crippen molar-refractivity contribution in [3.05, 3.63) is 34.3 Å². The van der Waals surface area contributed by atoms with Crippen LogP contribution in [0.15, 0.2) is 28.7 Å². The van der Waals surface area contributed by atoms with Crippen LogP contribution in [0.25, 0.3) is 0 Å². The van der Waals surface area contributed by atoms with Gasteiger partial charge in [0.05, 0.1) is 0 Å². The molecule has 0 unspecified atom stereocenters. The summed E-state index contributed by atoms with van der Waals surface area (Å²) in [5, 5.41) is 0. The maximum absolute atomic E-state index is 10.8. The summed E-state index contributed by atoms with van der Waals surface area (Å²) in [5.74, 6) is 1.89. The summed E-state index contributed by atoms with van der Waals surface area (Å²) < 4.78 is 0.999. The van der Waals surface area contributed by atoms with Crippen molar-refractivity contribution in [2.75, 3.05) is 0 Å². The van der Waals surface area contributed by atoms with Crippen LogP contribution >= 0.6 is 15.9 Å². The van der Waals surface area contributed by atoms with Crippen molar-refractivity contribution in [2.24, 2.45) is 0 Å². The van der Waals surface area contributed by atoms with Crippen LogP contribution in [-0.2, 0) is 11.2 Å². The van der Waals surface area contributed by atoms with Crippen LogP contribution < -0.4 is 0 Å². The molecule has 0 spiro atoms. The fourth-order valence-electron chi connectivity index (χ4n) is 0.839. The molecule has 0 amide bonds. The van der Waals surface area contributed by atoms with Gasteiger partial charge < -0.3 is 0 Å². The van der Waals surface area contributed by atoms with Crippen molar-refractivity contribution >= 4 is 21.7 Å². The Morgan fingerprint density at radius 3 is 2.50 bits per heavy atom. The van der Waals surface area contributed by atoms with E-state index in [4.69, 9.17) is 6.42 Å². The summed E-state index contributed by atoms with van der Waals surface area (Å²) >= 11 is 3.30. The van der Waals surface area contributed by atoms with Gasteiger partial charge in [-0.1, -0.05) is 28.1 Å². The van der Waals surface area contributed by atoms with Gasteiger partial charge in [-0.05, 0) is 23.6 Å². The smallest absolute Gasteiger partial charge is 0.209 e. The molecule has 0 saturated carbocycles. The lowest BCUT2D eigenvalue weighted by Gasteiger charge is -1.95. The molecular formula is C10H7BrO. The number of hydrogen-bond acceptors (Lipinski definition) is 1. The normalized spacial score (nSPS) is 9.00. The minimum absolute atomic E-state index is 0.183. The van der Waals surface area contributed by atoms with E-state index in [0.29, 0.717) is 6.42 Å². The minimum atomic E-state index is -0.183. The zero-order chi connectivity index (χ0) is 8.97. The Hall–Kier alpha value is -1.07. The predicted octanol–water partition coefficient (Wildman–Crippen LogP) is 2.19. The first kappa shape index (κ1) is 9.02. The summed E-state index contributed by atoms with van der Waals surface area (Å²) in [7, 11) is 0. The summed E-state index contributed by atoms with van der Waals surface area (Å²) in [5.41, 5.74) is 0.946. The third-order valence-corrected chi connectivity index (χ3v) is 1.97. The van der Waals surface area contributed by atoms with Gasteiger partial charge in [-0.15, -0.1) is 6.42 Å². The number of carbonyl (C=O) groups is 1. The van der Waals surface area contributed by atoms with Crippen LogP contribution in [0.2, 0.25) is 0 Å². The van der Waals surface area contributed by atoms with E-state index >= 15 is 0 Å². The number of ketones is 1. The Bertz CT molecular complexity index is 319. The molecule has 0 N–H and O–H groups in total. The van der Waals surface area contributed by atoms with Crippen LogP contribution in [0.3, 0.4) is 0 Å². The first-order valence-electron chi connectivity index (χ1n) is 3.46. The fraction of sp³-hybridized carbons (Fsp3) is 0.100. The maximum atomic E-state index is 10.8. The molecule has 0 aliphatic rings. The second-order valence-corrected chi connectivity index (χ2v) is 3.29. The molecule has 1 aromatic rings. The molecule has 0 heterocycles. The third kappa shape index (κ3) is 2.52. The van der Waals surface area contributed by atoms with Crippen molar-refractivity contribution in [3.63, 3.8) is 0 Å². The van der Waals surface area contributed by atoms with Crippen molar-refractivity contribution in [2.45, 2.75) is 6.42 Å². The zero-order valence-corrected chi connectivity index (χ0v) is 7.97. The first-order valence-corrected chi connectivity index (χ1v) is 4.25. The van der Waals surface area contributed by atoms with Gasteiger partial charge in [0, 0.05) is 10.9 Å². The topological polar surface area (TPSA) is 17.1 Å². The number of rotatable bonds is 2. The zero-order valence-electron chi connectivity index (χ0n) is 6.38. The van der Waals surface area contributed by atoms with Gasteiger partial charge in [0.2, 0.25) is 5.78 Å². The molecule has 0 aromatic heterocycles. The van der Waals surface area contributed by atoms with E-state index in [0.717, 1.165) is 10.0 Å². The molecule has 1 aromatic carbocycles. The van der Waals surface area contributed by atoms with Gasteiger partial charge in [0.15, 0.2) is 0 Å². The van der Waals surface area contributed by atoms with Crippen LogP contribution in [0.5, 0.6) is 0 Å². The molecule has 1 rings (SSSR count). The Morgan fingerprint density at radius 1 is 1.42 bits per heavy atom. The highest BCUT2D eigenvalue weighted by atomic mass is 79.9. The van der Waals surface area contributed by atoms with Crippen LogP contribution in [0.4, 0.5) is 0 Å². The minimum Gasteiger partial charge on any atom is -0.285 e. The molecule has 0 radical (unpaired) electrons. The second-order valence-electron chi connectivity index (χ2n) is 2.37. The first-order chi connectivity index (χ1) is 5.72. The molecular weight excluding hydrogens is 216 g/mol. The second kappa shape index (κ2) is 4.08. The number of hydrogen-bond donors (Lipinski definition) is 0. The van der Waals surface area contributed by atoms with Gasteiger partial charge >= 0.3 is 0 Å². The van der Waals surface area contributed by atoms with Crippen LogP contribution in [0, 0.1) is 12.3 Å². The lowest BCUT2D eigenvalue weighted by molar-refractivity contribution is -0.113. The Kier molecular flexibility index (Phi) is 3.07. The number of terminal acetylenes is 1. The Labute approximate surface area is 79.9 Å². The van der Waals surface area contributed by atoms with E-state index in [1.807, 2.05) is 24.3 Å². The highest BCUT2D eigenvalue weighted by molar-refractivity contribution is 9.10. The van der Waals surface area contributed by atoms with Crippen molar-refractivity contribution in [1.82, 2.24) is 0 Å². The summed E-state index contributed by atoms with van der Waals surface area (Å²) in [6, 6.07) is 7.52. The highest BCUT2D eigenvalue weighted by Gasteiger charge is 1.98. The van der Waals surface area contributed by atoms with E-state index in [9.17, 15) is 4.79 Å². The van der Waals surface area contributed by atoms with Gasteiger partial charge in [-0.2, -0.15) is 0 Å². The molecule has 12 heavy (non-hydrogen) atoms. The number of carbonyl (C=O) groups excluding carboxylic acids is 1. The molecule has 0 bridgehead atoms. The quantitative estimate of drug-likeness (QED) is 0.554. The predicted molar refractivity (Wildman–Crippen MR) is 51.7 cm³/mol. The van der Waals surface area contributed by atoms with Gasteiger partial charge in [-0.3, -0.25) is 4.79 Å². The van der Waals surface area contributed by atoms with E-state index in [-0.39, 0.29) is 5.78 Å². The maximum Gasteiger partial charge on any atom is 0.209 e. The van der Waals surface area contributed by atoms with E-state index < -0.39 is 0 Å². The average molecular weight is 223 g/mol. The van der Waals surface area contributed by atoms with Crippen molar-refractivity contribution in [1.29, 1.82) is 0 Å². The van der Waals surface area contributed by atoms with Gasteiger partial charge in [0.1, 0.15) is 0 Å². The monoisotopic (exact) mass is 222 g/mol.